The first-order valence-electron chi connectivity index (χ1n) is 7.68. The van der Waals surface area contributed by atoms with E-state index in [1.165, 1.54) is 19.1 Å². The summed E-state index contributed by atoms with van der Waals surface area (Å²) in [6.45, 7) is 1.50. The number of carbonyl (C=O) groups excluding carboxylic acids is 3. The molecule has 1 N–H and O–H groups in total. The van der Waals surface area contributed by atoms with Gasteiger partial charge in [0.25, 0.3) is 0 Å². The van der Waals surface area contributed by atoms with Crippen molar-refractivity contribution >= 4 is 35.0 Å². The molecular formula is C17H16ClFN2O3. The van der Waals surface area contributed by atoms with E-state index < -0.39 is 17.8 Å². The summed E-state index contributed by atoms with van der Waals surface area (Å²) in [5, 5.41) is 2.44. The molecule has 0 unspecified atom stereocenters. The third kappa shape index (κ3) is 2.82. The summed E-state index contributed by atoms with van der Waals surface area (Å²) in [5.74, 6) is -2.49. The smallest absolute Gasteiger partial charge is 0.247 e. The Kier molecular flexibility index (Phi) is 4.41. The summed E-state index contributed by atoms with van der Waals surface area (Å²) in [4.78, 5) is 38.4. The lowest BCUT2D eigenvalue weighted by Crippen LogP contribution is -2.46. The topological polar surface area (TPSA) is 66.5 Å². The molecule has 5 nitrogen and oxygen atoms in total. The molecule has 1 fully saturated rings. The van der Waals surface area contributed by atoms with E-state index in [2.05, 4.69) is 5.32 Å². The Morgan fingerprint density at radius 2 is 1.83 bits per heavy atom. The van der Waals surface area contributed by atoms with Crippen LogP contribution in [0.4, 0.5) is 10.1 Å². The fourth-order valence-electron chi connectivity index (χ4n) is 3.15. The van der Waals surface area contributed by atoms with Crippen molar-refractivity contribution in [2.75, 3.05) is 5.32 Å². The zero-order chi connectivity index (χ0) is 17.4. The van der Waals surface area contributed by atoms with Crippen molar-refractivity contribution < 1.29 is 18.8 Å². The Hall–Kier alpha value is -2.21. The molecule has 1 aliphatic carbocycles. The molecule has 1 aliphatic heterocycles. The second kappa shape index (κ2) is 6.36. The highest BCUT2D eigenvalue weighted by Crippen LogP contribution is 2.36. The van der Waals surface area contributed by atoms with E-state index in [-0.39, 0.29) is 28.7 Å². The van der Waals surface area contributed by atoms with E-state index in [0.717, 1.165) is 11.0 Å². The van der Waals surface area contributed by atoms with Crippen LogP contribution in [0.2, 0.25) is 5.02 Å². The van der Waals surface area contributed by atoms with Crippen LogP contribution in [0.15, 0.2) is 30.4 Å². The first-order chi connectivity index (χ1) is 11.4. The zero-order valence-electron chi connectivity index (χ0n) is 13.0. The van der Waals surface area contributed by atoms with Crippen LogP contribution in [0.3, 0.4) is 0 Å². The molecule has 1 heterocycles. The number of amides is 3. The highest BCUT2D eigenvalue weighted by Gasteiger charge is 2.50. The average molecular weight is 351 g/mol. The van der Waals surface area contributed by atoms with Crippen LogP contribution >= 0.6 is 11.6 Å². The molecule has 1 aromatic carbocycles. The van der Waals surface area contributed by atoms with Crippen molar-refractivity contribution in [1.82, 2.24) is 4.90 Å². The summed E-state index contributed by atoms with van der Waals surface area (Å²) in [5.41, 5.74) is 0.302. The van der Waals surface area contributed by atoms with E-state index in [1.807, 2.05) is 12.2 Å². The van der Waals surface area contributed by atoms with E-state index in [4.69, 9.17) is 11.6 Å². The molecule has 0 spiro atoms. The number of hydrogen-bond acceptors (Lipinski definition) is 3. The first kappa shape index (κ1) is 16.6. The maximum Gasteiger partial charge on any atom is 0.247 e. The number of allylic oxidation sites excluding steroid dienone is 2. The largest absolute Gasteiger partial charge is 0.324 e. The molecule has 1 saturated heterocycles. The van der Waals surface area contributed by atoms with Gasteiger partial charge in [0.1, 0.15) is 11.9 Å². The normalized spacial score (nSPS) is 24.0. The third-order valence-corrected chi connectivity index (χ3v) is 4.79. The minimum Gasteiger partial charge on any atom is -0.324 e. The number of carbonyl (C=O) groups is 3. The van der Waals surface area contributed by atoms with Gasteiger partial charge < -0.3 is 5.32 Å². The van der Waals surface area contributed by atoms with E-state index >= 15 is 0 Å². The molecule has 7 heteroatoms. The van der Waals surface area contributed by atoms with E-state index in [9.17, 15) is 18.8 Å². The molecule has 0 bridgehead atoms. The Bertz CT molecular complexity index is 723. The summed E-state index contributed by atoms with van der Waals surface area (Å²) in [6.07, 6.45) is 4.82. The van der Waals surface area contributed by atoms with Crippen LogP contribution in [-0.4, -0.2) is 28.7 Å². The number of likely N-dealkylation sites (tertiary alicyclic amines) is 1. The van der Waals surface area contributed by atoms with Gasteiger partial charge >= 0.3 is 0 Å². The van der Waals surface area contributed by atoms with Crippen LogP contribution in [0, 0.1) is 17.7 Å². The van der Waals surface area contributed by atoms with Gasteiger partial charge in [0, 0.05) is 5.69 Å². The van der Waals surface area contributed by atoms with Crippen LogP contribution < -0.4 is 5.32 Å². The Morgan fingerprint density at radius 1 is 1.25 bits per heavy atom. The molecule has 3 rings (SSSR count). The standard InChI is InChI=1S/C17H16ClFN2O3/c1-9(15(22)20-10-6-7-14(19)13(18)8-10)21-16(23)11-4-2-3-5-12(11)17(21)24/h2-3,6-9,11-12H,4-5H2,1H3,(H,20,22)/t9-,11+,12+/m0/s1. The van der Waals surface area contributed by atoms with Gasteiger partial charge in [-0.15, -0.1) is 0 Å². The minimum atomic E-state index is -0.945. The Balaban J connectivity index is 1.74. The lowest BCUT2D eigenvalue weighted by atomic mass is 9.85. The number of nitrogens with one attached hydrogen (secondary N) is 1. The SMILES string of the molecule is C[C@@H](C(=O)Nc1ccc(F)c(Cl)c1)N1C(=O)[C@@H]2CC=CC[C@H]2C1=O. The van der Waals surface area contributed by atoms with Gasteiger partial charge in [-0.05, 0) is 38.0 Å². The quantitative estimate of drug-likeness (QED) is 0.673. The molecule has 126 valence electrons. The van der Waals surface area contributed by atoms with Crippen molar-refractivity contribution in [2.45, 2.75) is 25.8 Å². The molecule has 3 atom stereocenters. The number of imide groups is 1. The van der Waals surface area contributed by atoms with E-state index in [1.54, 1.807) is 0 Å². The van der Waals surface area contributed by atoms with Gasteiger partial charge in [0.05, 0.1) is 16.9 Å². The van der Waals surface area contributed by atoms with Gasteiger partial charge in [-0.3, -0.25) is 19.3 Å². The summed E-state index contributed by atoms with van der Waals surface area (Å²) >= 11 is 5.68. The van der Waals surface area contributed by atoms with Gasteiger partial charge in [0.15, 0.2) is 0 Å². The Labute approximate surface area is 143 Å². The molecule has 1 aromatic rings. The van der Waals surface area contributed by atoms with Gasteiger partial charge in [-0.25, -0.2) is 4.39 Å². The zero-order valence-corrected chi connectivity index (χ0v) is 13.7. The lowest BCUT2D eigenvalue weighted by molar-refractivity contribution is -0.146. The molecule has 0 saturated carbocycles. The summed E-state index contributed by atoms with van der Waals surface area (Å²) in [7, 11) is 0. The number of anilines is 1. The summed E-state index contributed by atoms with van der Waals surface area (Å²) < 4.78 is 13.2. The monoisotopic (exact) mass is 350 g/mol. The minimum absolute atomic E-state index is 0.120. The van der Waals surface area contributed by atoms with Crippen LogP contribution in [0.25, 0.3) is 0 Å². The fraction of sp³-hybridized carbons (Fsp3) is 0.353. The summed E-state index contributed by atoms with van der Waals surface area (Å²) in [6, 6.07) is 2.83. The molecule has 2 aliphatic rings. The maximum atomic E-state index is 13.2. The predicted molar refractivity (Wildman–Crippen MR) is 86.7 cm³/mol. The second-order valence-corrected chi connectivity index (χ2v) is 6.40. The number of rotatable bonds is 3. The first-order valence-corrected chi connectivity index (χ1v) is 8.05. The van der Waals surface area contributed by atoms with Crippen molar-refractivity contribution in [3.63, 3.8) is 0 Å². The van der Waals surface area contributed by atoms with Gasteiger partial charge in [-0.1, -0.05) is 23.8 Å². The number of benzene rings is 1. The highest BCUT2D eigenvalue weighted by atomic mass is 35.5. The maximum absolute atomic E-state index is 13.2. The number of fused-ring (bicyclic) bond motifs is 1. The van der Waals surface area contributed by atoms with E-state index in [0.29, 0.717) is 18.5 Å². The van der Waals surface area contributed by atoms with Crippen LogP contribution in [0.5, 0.6) is 0 Å². The van der Waals surface area contributed by atoms with Crippen LogP contribution in [-0.2, 0) is 14.4 Å². The van der Waals surface area contributed by atoms with Crippen molar-refractivity contribution in [1.29, 1.82) is 0 Å². The number of hydrogen-bond donors (Lipinski definition) is 1. The van der Waals surface area contributed by atoms with Gasteiger partial charge in [0.2, 0.25) is 17.7 Å². The predicted octanol–water partition coefficient (Wildman–Crippen LogP) is 2.76. The Morgan fingerprint density at radius 3 is 2.38 bits per heavy atom. The third-order valence-electron chi connectivity index (χ3n) is 4.50. The lowest BCUT2D eigenvalue weighted by Gasteiger charge is -2.22. The van der Waals surface area contributed by atoms with Crippen molar-refractivity contribution in [3.05, 3.63) is 41.2 Å². The highest BCUT2D eigenvalue weighted by molar-refractivity contribution is 6.31. The fourth-order valence-corrected chi connectivity index (χ4v) is 3.33. The van der Waals surface area contributed by atoms with Crippen LogP contribution in [0.1, 0.15) is 19.8 Å². The van der Waals surface area contributed by atoms with Crippen molar-refractivity contribution in [2.24, 2.45) is 11.8 Å². The number of halogens is 2. The molecule has 24 heavy (non-hydrogen) atoms. The second-order valence-electron chi connectivity index (χ2n) is 6.00. The molecule has 3 amide bonds. The molecule has 0 aromatic heterocycles. The van der Waals surface area contributed by atoms with Gasteiger partial charge in [-0.2, -0.15) is 0 Å². The number of nitrogens with zero attached hydrogens (tertiary/aromatic N) is 1. The molecular weight excluding hydrogens is 335 g/mol. The van der Waals surface area contributed by atoms with Crippen molar-refractivity contribution in [3.8, 4) is 0 Å². The molecule has 0 radical (unpaired) electrons. The average Bonchev–Trinajstić information content (AvgIpc) is 2.82.